The Morgan fingerprint density at radius 2 is 1.65 bits per heavy atom. The number of nitrogens with zero attached hydrogens (tertiary/aromatic N) is 2. The molecule has 1 saturated heterocycles. The summed E-state index contributed by atoms with van der Waals surface area (Å²) in [5.74, 6) is -0.0472. The summed E-state index contributed by atoms with van der Waals surface area (Å²) in [6, 6.07) is 13.3. The molecule has 1 aliphatic heterocycles. The summed E-state index contributed by atoms with van der Waals surface area (Å²) in [5, 5.41) is 0.611. The van der Waals surface area contributed by atoms with Crippen LogP contribution < -0.4 is 9.64 Å². The molecule has 0 spiro atoms. The third-order valence-corrected chi connectivity index (χ3v) is 6.89. The van der Waals surface area contributed by atoms with Crippen LogP contribution in [0.4, 0.5) is 5.69 Å². The lowest BCUT2D eigenvalue weighted by molar-refractivity contribution is -0.140. The standard InChI is InChI=1S/C27H31ClN2O4/c1-2-34-23-15-13-22(14-16-23)30-26(32)18-24(27(30)33)29(21-7-5-3-4-6-8-21)25(31)17-19-9-11-20(28)12-10-19/h9-16,21,24H,2-8,17-18H2,1H3. The van der Waals surface area contributed by atoms with Gasteiger partial charge in [-0.25, -0.2) is 4.90 Å². The van der Waals surface area contributed by atoms with E-state index in [1.165, 1.54) is 4.90 Å². The first-order valence-corrected chi connectivity index (χ1v) is 12.5. The molecule has 1 unspecified atom stereocenters. The summed E-state index contributed by atoms with van der Waals surface area (Å²) in [4.78, 5) is 43.1. The zero-order valence-electron chi connectivity index (χ0n) is 19.5. The van der Waals surface area contributed by atoms with Crippen molar-refractivity contribution in [2.24, 2.45) is 0 Å². The number of carbonyl (C=O) groups excluding carboxylic acids is 3. The van der Waals surface area contributed by atoms with Crippen molar-refractivity contribution in [3.63, 3.8) is 0 Å². The average molecular weight is 483 g/mol. The van der Waals surface area contributed by atoms with Crippen LogP contribution in [-0.2, 0) is 20.8 Å². The van der Waals surface area contributed by atoms with Crippen molar-refractivity contribution in [1.29, 1.82) is 0 Å². The van der Waals surface area contributed by atoms with E-state index in [4.69, 9.17) is 16.3 Å². The van der Waals surface area contributed by atoms with Gasteiger partial charge in [0.05, 0.1) is 25.1 Å². The molecular formula is C27H31ClN2O4. The highest BCUT2D eigenvalue weighted by molar-refractivity contribution is 6.30. The van der Waals surface area contributed by atoms with Gasteiger partial charge < -0.3 is 9.64 Å². The Labute approximate surface area is 205 Å². The Hall–Kier alpha value is -2.86. The van der Waals surface area contributed by atoms with E-state index < -0.39 is 6.04 Å². The molecule has 2 aromatic carbocycles. The molecule has 2 aromatic rings. The number of carbonyl (C=O) groups is 3. The highest BCUT2D eigenvalue weighted by Gasteiger charge is 2.46. The lowest BCUT2D eigenvalue weighted by Gasteiger charge is -2.35. The quantitative estimate of drug-likeness (QED) is 0.403. The van der Waals surface area contributed by atoms with E-state index in [2.05, 4.69) is 0 Å². The minimum Gasteiger partial charge on any atom is -0.494 e. The molecule has 2 aliphatic rings. The van der Waals surface area contributed by atoms with Gasteiger partial charge in [0.2, 0.25) is 11.8 Å². The summed E-state index contributed by atoms with van der Waals surface area (Å²) < 4.78 is 5.47. The zero-order chi connectivity index (χ0) is 24.1. The molecule has 7 heteroatoms. The fourth-order valence-electron chi connectivity index (χ4n) is 5.00. The Bertz CT molecular complexity index is 1010. The predicted molar refractivity (Wildman–Crippen MR) is 132 cm³/mol. The van der Waals surface area contributed by atoms with E-state index in [0.29, 0.717) is 23.1 Å². The van der Waals surface area contributed by atoms with E-state index in [9.17, 15) is 14.4 Å². The summed E-state index contributed by atoms with van der Waals surface area (Å²) in [7, 11) is 0. The second kappa shape index (κ2) is 11.0. The first-order chi connectivity index (χ1) is 16.5. The normalized spacial score (nSPS) is 19.2. The van der Waals surface area contributed by atoms with Gasteiger partial charge in [-0.05, 0) is 61.7 Å². The molecule has 1 heterocycles. The summed E-state index contributed by atoms with van der Waals surface area (Å²) in [6.07, 6.45) is 6.20. The van der Waals surface area contributed by atoms with Crippen molar-refractivity contribution < 1.29 is 19.1 Å². The lowest BCUT2D eigenvalue weighted by atomic mass is 10.0. The molecule has 0 aromatic heterocycles. The molecule has 3 amide bonds. The number of anilines is 1. The molecule has 34 heavy (non-hydrogen) atoms. The van der Waals surface area contributed by atoms with Gasteiger partial charge in [-0.15, -0.1) is 0 Å². The van der Waals surface area contributed by atoms with Crippen LogP contribution >= 0.6 is 11.6 Å². The first-order valence-electron chi connectivity index (χ1n) is 12.1. The molecule has 4 rings (SSSR count). The number of halogens is 1. The number of hydrogen-bond acceptors (Lipinski definition) is 4. The number of ether oxygens (including phenoxy) is 1. The van der Waals surface area contributed by atoms with E-state index in [1.54, 1.807) is 41.3 Å². The smallest absolute Gasteiger partial charge is 0.257 e. The van der Waals surface area contributed by atoms with Gasteiger partial charge in [-0.3, -0.25) is 14.4 Å². The predicted octanol–water partition coefficient (Wildman–Crippen LogP) is 5.16. The summed E-state index contributed by atoms with van der Waals surface area (Å²) in [5.41, 5.74) is 1.35. The van der Waals surface area contributed by atoms with Gasteiger partial charge in [-0.2, -0.15) is 0 Å². The number of rotatable bonds is 7. The maximum absolute atomic E-state index is 13.6. The Morgan fingerprint density at radius 3 is 2.26 bits per heavy atom. The van der Waals surface area contributed by atoms with Crippen molar-refractivity contribution in [1.82, 2.24) is 4.90 Å². The third-order valence-electron chi connectivity index (χ3n) is 6.64. The van der Waals surface area contributed by atoms with E-state index >= 15 is 0 Å². The number of imide groups is 1. The van der Waals surface area contributed by atoms with Gasteiger partial charge in [0, 0.05) is 11.1 Å². The van der Waals surface area contributed by atoms with E-state index in [-0.39, 0.29) is 36.6 Å². The minimum atomic E-state index is -0.776. The SMILES string of the molecule is CCOc1ccc(N2C(=O)CC(N(C(=O)Cc3ccc(Cl)cc3)C3CCCCCC3)C2=O)cc1. The van der Waals surface area contributed by atoms with Crippen LogP contribution in [-0.4, -0.2) is 41.3 Å². The van der Waals surface area contributed by atoms with Crippen LogP contribution in [0.1, 0.15) is 57.4 Å². The largest absolute Gasteiger partial charge is 0.494 e. The van der Waals surface area contributed by atoms with Crippen LogP contribution in [0.3, 0.4) is 0 Å². The van der Waals surface area contributed by atoms with Crippen molar-refractivity contribution in [2.45, 2.75) is 70.4 Å². The van der Waals surface area contributed by atoms with Crippen LogP contribution in [0.5, 0.6) is 5.75 Å². The van der Waals surface area contributed by atoms with Crippen LogP contribution in [0.2, 0.25) is 5.02 Å². The fraction of sp³-hybridized carbons (Fsp3) is 0.444. The lowest BCUT2D eigenvalue weighted by Crippen LogP contribution is -2.51. The Morgan fingerprint density at radius 1 is 1.00 bits per heavy atom. The average Bonchev–Trinajstić information content (AvgIpc) is 2.98. The molecule has 6 nitrogen and oxygen atoms in total. The molecule has 0 bridgehead atoms. The molecule has 0 radical (unpaired) electrons. The topological polar surface area (TPSA) is 66.9 Å². The maximum atomic E-state index is 13.6. The van der Waals surface area contributed by atoms with Crippen molar-refractivity contribution in [2.75, 3.05) is 11.5 Å². The summed E-state index contributed by atoms with van der Waals surface area (Å²) in [6.45, 7) is 2.43. The van der Waals surface area contributed by atoms with Crippen molar-refractivity contribution in [3.8, 4) is 5.75 Å². The van der Waals surface area contributed by atoms with Gasteiger partial charge >= 0.3 is 0 Å². The zero-order valence-corrected chi connectivity index (χ0v) is 20.3. The molecule has 2 fully saturated rings. The van der Waals surface area contributed by atoms with Gasteiger partial charge in [0.15, 0.2) is 0 Å². The third kappa shape index (κ3) is 5.44. The van der Waals surface area contributed by atoms with Gasteiger partial charge in [-0.1, -0.05) is 49.4 Å². The highest BCUT2D eigenvalue weighted by atomic mass is 35.5. The first kappa shape index (κ1) is 24.3. The van der Waals surface area contributed by atoms with Crippen LogP contribution in [0, 0.1) is 0 Å². The number of amides is 3. The second-order valence-electron chi connectivity index (χ2n) is 8.96. The van der Waals surface area contributed by atoms with Gasteiger partial charge in [0.1, 0.15) is 11.8 Å². The molecule has 180 valence electrons. The van der Waals surface area contributed by atoms with Crippen molar-refractivity contribution in [3.05, 3.63) is 59.1 Å². The van der Waals surface area contributed by atoms with Crippen LogP contribution in [0.25, 0.3) is 0 Å². The van der Waals surface area contributed by atoms with Crippen molar-refractivity contribution >= 4 is 35.0 Å². The minimum absolute atomic E-state index is 0.00883. The van der Waals surface area contributed by atoms with Crippen LogP contribution in [0.15, 0.2) is 48.5 Å². The van der Waals surface area contributed by atoms with E-state index in [0.717, 1.165) is 44.1 Å². The highest BCUT2D eigenvalue weighted by Crippen LogP contribution is 2.32. The second-order valence-corrected chi connectivity index (χ2v) is 9.40. The molecule has 0 N–H and O–H groups in total. The monoisotopic (exact) mass is 482 g/mol. The van der Waals surface area contributed by atoms with Gasteiger partial charge in [0.25, 0.3) is 5.91 Å². The fourth-order valence-corrected chi connectivity index (χ4v) is 5.12. The van der Waals surface area contributed by atoms with E-state index in [1.807, 2.05) is 19.1 Å². The Kier molecular flexibility index (Phi) is 7.88. The summed E-state index contributed by atoms with van der Waals surface area (Å²) >= 11 is 6.00. The molecular weight excluding hydrogens is 452 g/mol. The molecule has 1 aliphatic carbocycles. The Balaban J connectivity index is 1.59. The molecule has 1 atom stereocenters. The maximum Gasteiger partial charge on any atom is 0.257 e. The number of benzene rings is 2. The number of hydrogen-bond donors (Lipinski definition) is 0. The molecule has 1 saturated carbocycles.